The molecule has 0 saturated carbocycles. The van der Waals surface area contributed by atoms with E-state index in [0.717, 1.165) is 0 Å². The fourth-order valence-electron chi connectivity index (χ4n) is 1.26. The molecule has 0 radical (unpaired) electrons. The van der Waals surface area contributed by atoms with Crippen molar-refractivity contribution in [3.8, 4) is 18.2 Å². The highest BCUT2D eigenvalue weighted by atomic mass is 16.5. The molecule has 0 amide bonds. The van der Waals surface area contributed by atoms with Crippen molar-refractivity contribution >= 4 is 5.97 Å². The Hall–Kier alpha value is -1.96. The largest absolute Gasteiger partial charge is 0.477 e. The Bertz CT molecular complexity index is 415. The highest BCUT2D eigenvalue weighted by molar-refractivity contribution is 5.91. The Balaban J connectivity index is 2.95. The van der Waals surface area contributed by atoms with E-state index < -0.39 is 5.97 Å². The first-order valence-electron chi connectivity index (χ1n) is 4.41. The molecule has 0 bridgehead atoms. The van der Waals surface area contributed by atoms with E-state index in [1.807, 2.05) is 0 Å². The second kappa shape index (κ2) is 4.51. The van der Waals surface area contributed by atoms with E-state index >= 15 is 0 Å². The van der Waals surface area contributed by atoms with Gasteiger partial charge in [-0.1, -0.05) is 0 Å². The van der Waals surface area contributed by atoms with Crippen molar-refractivity contribution in [2.45, 2.75) is 13.3 Å². The van der Waals surface area contributed by atoms with Gasteiger partial charge in [0, 0.05) is 13.5 Å². The van der Waals surface area contributed by atoms with Gasteiger partial charge in [0.2, 0.25) is 5.88 Å². The number of terminal acetylenes is 1. The predicted molar refractivity (Wildman–Crippen MR) is 53.8 cm³/mol. The number of carboxylic acid groups (broad SMARTS) is 1. The summed E-state index contributed by atoms with van der Waals surface area (Å²) in [6, 6.07) is 0. The van der Waals surface area contributed by atoms with Gasteiger partial charge in [0.25, 0.3) is 0 Å². The van der Waals surface area contributed by atoms with Gasteiger partial charge in [-0.15, -0.1) is 12.3 Å². The van der Waals surface area contributed by atoms with Gasteiger partial charge < -0.3 is 9.84 Å². The summed E-state index contributed by atoms with van der Waals surface area (Å²) in [4.78, 5) is 10.9. The number of ether oxygens (including phenoxy) is 1. The van der Waals surface area contributed by atoms with Crippen LogP contribution >= 0.6 is 0 Å². The molecule has 1 aromatic rings. The number of carbonyl (C=O) groups is 1. The molecule has 15 heavy (non-hydrogen) atoms. The van der Waals surface area contributed by atoms with Gasteiger partial charge in [-0.2, -0.15) is 5.10 Å². The summed E-state index contributed by atoms with van der Waals surface area (Å²) in [5, 5.41) is 12.9. The lowest BCUT2D eigenvalue weighted by atomic mass is 10.2. The molecule has 1 rings (SSSR count). The van der Waals surface area contributed by atoms with Crippen LogP contribution in [0.3, 0.4) is 0 Å². The number of hydrogen-bond donors (Lipinski definition) is 1. The Morgan fingerprint density at radius 3 is 2.93 bits per heavy atom. The molecule has 0 aliphatic rings. The molecular weight excluding hydrogens is 196 g/mol. The van der Waals surface area contributed by atoms with Crippen LogP contribution in [0, 0.1) is 19.3 Å². The maximum absolute atomic E-state index is 10.9. The van der Waals surface area contributed by atoms with Crippen LogP contribution in [0.15, 0.2) is 0 Å². The van der Waals surface area contributed by atoms with Gasteiger partial charge in [0.1, 0.15) is 12.2 Å². The zero-order chi connectivity index (χ0) is 11.4. The third-order valence-electron chi connectivity index (χ3n) is 1.87. The number of carboxylic acids is 1. The number of aromatic nitrogens is 2. The SMILES string of the molecule is C#CCCOc1c(C(=O)O)c(C)nn1C. The van der Waals surface area contributed by atoms with Crippen LogP contribution in [0.2, 0.25) is 0 Å². The van der Waals surface area contributed by atoms with Crippen molar-refractivity contribution in [3.05, 3.63) is 11.3 Å². The van der Waals surface area contributed by atoms with Crippen molar-refractivity contribution in [1.82, 2.24) is 9.78 Å². The van der Waals surface area contributed by atoms with Crippen LogP contribution in [0.4, 0.5) is 0 Å². The quantitative estimate of drug-likeness (QED) is 0.588. The third-order valence-corrected chi connectivity index (χ3v) is 1.87. The van der Waals surface area contributed by atoms with Gasteiger partial charge >= 0.3 is 5.97 Å². The Morgan fingerprint density at radius 1 is 1.73 bits per heavy atom. The van der Waals surface area contributed by atoms with E-state index in [2.05, 4.69) is 11.0 Å². The zero-order valence-electron chi connectivity index (χ0n) is 8.65. The van der Waals surface area contributed by atoms with Crippen LogP contribution in [0.25, 0.3) is 0 Å². The minimum absolute atomic E-state index is 0.0921. The molecule has 0 atom stereocenters. The lowest BCUT2D eigenvalue weighted by Gasteiger charge is -2.04. The van der Waals surface area contributed by atoms with Gasteiger partial charge in [-0.25, -0.2) is 9.48 Å². The molecule has 0 saturated heterocycles. The van der Waals surface area contributed by atoms with Crippen LogP contribution in [0.5, 0.6) is 5.88 Å². The topological polar surface area (TPSA) is 64.3 Å². The zero-order valence-corrected chi connectivity index (χ0v) is 8.65. The Labute approximate surface area is 87.7 Å². The predicted octanol–water partition coefficient (Wildman–Crippen LogP) is 0.829. The summed E-state index contributed by atoms with van der Waals surface area (Å²) in [6.07, 6.45) is 5.50. The van der Waals surface area contributed by atoms with Crippen LogP contribution < -0.4 is 4.74 Å². The van der Waals surface area contributed by atoms with Crippen molar-refractivity contribution in [1.29, 1.82) is 0 Å². The van der Waals surface area contributed by atoms with Gasteiger partial charge in [-0.3, -0.25) is 0 Å². The van der Waals surface area contributed by atoms with Crippen LogP contribution in [0.1, 0.15) is 22.5 Å². The van der Waals surface area contributed by atoms with Gasteiger partial charge in [0.15, 0.2) is 0 Å². The maximum atomic E-state index is 10.9. The lowest BCUT2D eigenvalue weighted by Crippen LogP contribution is -2.06. The summed E-state index contributed by atoms with van der Waals surface area (Å²) < 4.78 is 6.67. The number of hydrogen-bond acceptors (Lipinski definition) is 3. The molecule has 1 aromatic heterocycles. The number of nitrogens with zero attached hydrogens (tertiary/aromatic N) is 2. The molecule has 0 spiro atoms. The molecule has 1 N–H and O–H groups in total. The van der Waals surface area contributed by atoms with Gasteiger partial charge in [0.05, 0.1) is 5.69 Å². The van der Waals surface area contributed by atoms with Crippen molar-refractivity contribution < 1.29 is 14.6 Å². The second-order valence-corrected chi connectivity index (χ2v) is 3.00. The van der Waals surface area contributed by atoms with Gasteiger partial charge in [-0.05, 0) is 6.92 Å². The fourth-order valence-corrected chi connectivity index (χ4v) is 1.26. The summed E-state index contributed by atoms with van der Waals surface area (Å²) in [6.45, 7) is 1.91. The molecule has 1 heterocycles. The molecule has 0 fully saturated rings. The van der Waals surface area contributed by atoms with Crippen molar-refractivity contribution in [3.63, 3.8) is 0 Å². The number of aromatic carboxylic acids is 1. The number of rotatable bonds is 4. The third kappa shape index (κ3) is 2.29. The molecule has 5 nitrogen and oxygen atoms in total. The average Bonchev–Trinajstić information content (AvgIpc) is 2.42. The summed E-state index contributed by atoms with van der Waals surface area (Å²) in [5.41, 5.74) is 0.523. The number of aryl methyl sites for hydroxylation is 2. The van der Waals surface area contributed by atoms with E-state index in [9.17, 15) is 4.79 Å². The minimum Gasteiger partial charge on any atom is -0.477 e. The van der Waals surface area contributed by atoms with E-state index in [1.165, 1.54) is 4.68 Å². The van der Waals surface area contributed by atoms with Crippen molar-refractivity contribution in [2.75, 3.05) is 6.61 Å². The molecule has 0 aromatic carbocycles. The minimum atomic E-state index is -1.05. The first-order valence-corrected chi connectivity index (χ1v) is 4.41. The van der Waals surface area contributed by atoms with Crippen LogP contribution in [-0.4, -0.2) is 27.5 Å². The standard InChI is InChI=1S/C10H12N2O3/c1-4-5-6-15-9-8(10(13)14)7(2)11-12(9)3/h1H,5-6H2,2-3H3,(H,13,14). The molecule has 80 valence electrons. The highest BCUT2D eigenvalue weighted by Crippen LogP contribution is 2.21. The smallest absolute Gasteiger partial charge is 0.343 e. The monoisotopic (exact) mass is 208 g/mol. The van der Waals surface area contributed by atoms with E-state index in [1.54, 1.807) is 14.0 Å². The molecular formula is C10H12N2O3. The van der Waals surface area contributed by atoms with E-state index in [-0.39, 0.29) is 18.1 Å². The summed E-state index contributed by atoms with van der Waals surface area (Å²) >= 11 is 0. The maximum Gasteiger partial charge on any atom is 0.343 e. The van der Waals surface area contributed by atoms with E-state index in [0.29, 0.717) is 12.1 Å². The lowest BCUT2D eigenvalue weighted by molar-refractivity contribution is 0.0691. The first kappa shape index (κ1) is 11.1. The van der Waals surface area contributed by atoms with Crippen LogP contribution in [-0.2, 0) is 7.05 Å². The van der Waals surface area contributed by atoms with E-state index in [4.69, 9.17) is 16.3 Å². The molecule has 0 unspecified atom stereocenters. The molecule has 0 aliphatic heterocycles. The fraction of sp³-hybridized carbons (Fsp3) is 0.400. The highest BCUT2D eigenvalue weighted by Gasteiger charge is 2.20. The summed E-state index contributed by atoms with van der Waals surface area (Å²) in [7, 11) is 1.63. The molecule has 5 heteroatoms. The van der Waals surface area contributed by atoms with Crippen molar-refractivity contribution in [2.24, 2.45) is 7.05 Å². The second-order valence-electron chi connectivity index (χ2n) is 3.00. The first-order chi connectivity index (χ1) is 7.07. The normalized spacial score (nSPS) is 9.67. The average molecular weight is 208 g/mol. The molecule has 0 aliphatic carbocycles. The summed E-state index contributed by atoms with van der Waals surface area (Å²) in [5.74, 6) is 1.61. The Morgan fingerprint density at radius 2 is 2.40 bits per heavy atom. The Kier molecular flexibility index (Phi) is 3.34.